The number of carbonyl (C=O) groups excluding carboxylic acids is 1. The Morgan fingerprint density at radius 2 is 1.78 bits per heavy atom. The van der Waals surface area contributed by atoms with Crippen molar-refractivity contribution in [2.45, 2.75) is 6.92 Å². The molecular weight excluding hydrogens is 472 g/mol. The molecule has 4 rings (SSSR count). The van der Waals surface area contributed by atoms with Crippen LogP contribution in [-0.4, -0.2) is 22.0 Å². The molecule has 0 saturated carbocycles. The molecule has 1 heterocycles. The lowest BCUT2D eigenvalue weighted by atomic mass is 10.0. The van der Waals surface area contributed by atoms with E-state index in [0.717, 1.165) is 21.0 Å². The molecule has 4 aromatic rings. The van der Waals surface area contributed by atoms with Gasteiger partial charge < -0.3 is 0 Å². The predicted molar refractivity (Wildman–Crippen MR) is 128 cm³/mol. The van der Waals surface area contributed by atoms with Gasteiger partial charge in [0.05, 0.1) is 27.9 Å². The number of carbonyl (C=O) groups is 1. The van der Waals surface area contributed by atoms with E-state index in [9.17, 15) is 14.9 Å². The Morgan fingerprint density at radius 3 is 2.47 bits per heavy atom. The van der Waals surface area contributed by atoms with Crippen molar-refractivity contribution < 1.29 is 9.72 Å². The van der Waals surface area contributed by atoms with Crippen molar-refractivity contribution in [3.8, 4) is 11.3 Å². The standard InChI is InChI=1S/C24H17BrN4O3/c1-15-2-11-22-20(12-15)21(13-23(27-22)17-5-7-18(25)8-6-17)24(30)28-26-14-16-3-9-19(10-4-16)29(31)32/h2-14H,1H3,(H,28,30). The van der Waals surface area contributed by atoms with Gasteiger partial charge in [-0.3, -0.25) is 14.9 Å². The molecule has 0 saturated heterocycles. The van der Waals surface area contributed by atoms with Gasteiger partial charge in [0.15, 0.2) is 0 Å². The van der Waals surface area contributed by atoms with Crippen molar-refractivity contribution >= 4 is 44.6 Å². The van der Waals surface area contributed by atoms with Crippen molar-refractivity contribution in [3.05, 3.63) is 104 Å². The molecule has 0 spiro atoms. The number of aryl methyl sites for hydroxylation is 1. The molecule has 8 heteroatoms. The Kier molecular flexibility index (Phi) is 6.04. The molecule has 158 valence electrons. The second-order valence-corrected chi connectivity index (χ2v) is 8.05. The fourth-order valence-electron chi connectivity index (χ4n) is 3.20. The number of amides is 1. The first-order valence-corrected chi connectivity index (χ1v) is 10.5. The van der Waals surface area contributed by atoms with E-state index in [-0.39, 0.29) is 11.6 Å². The van der Waals surface area contributed by atoms with Crippen LogP contribution in [-0.2, 0) is 0 Å². The van der Waals surface area contributed by atoms with Crippen LogP contribution in [0.15, 0.2) is 82.4 Å². The van der Waals surface area contributed by atoms with Gasteiger partial charge in [0, 0.05) is 27.6 Å². The number of fused-ring (bicyclic) bond motifs is 1. The molecule has 7 nitrogen and oxygen atoms in total. The number of halogens is 1. The highest BCUT2D eigenvalue weighted by atomic mass is 79.9. The van der Waals surface area contributed by atoms with E-state index in [0.29, 0.717) is 22.3 Å². The summed E-state index contributed by atoms with van der Waals surface area (Å²) in [5.74, 6) is -0.375. The molecule has 0 aliphatic heterocycles. The third-order valence-corrected chi connectivity index (χ3v) is 5.36. The first kappa shape index (κ1) is 21.3. The molecule has 0 fully saturated rings. The average molecular weight is 489 g/mol. The Bertz CT molecular complexity index is 1350. The third kappa shape index (κ3) is 4.70. The minimum Gasteiger partial charge on any atom is -0.267 e. The van der Waals surface area contributed by atoms with Gasteiger partial charge in [-0.2, -0.15) is 5.10 Å². The quantitative estimate of drug-likeness (QED) is 0.223. The summed E-state index contributed by atoms with van der Waals surface area (Å²) >= 11 is 3.43. The van der Waals surface area contributed by atoms with Crippen LogP contribution in [0.1, 0.15) is 21.5 Å². The zero-order chi connectivity index (χ0) is 22.7. The Balaban J connectivity index is 1.65. The summed E-state index contributed by atoms with van der Waals surface area (Å²) in [4.78, 5) is 28.0. The lowest BCUT2D eigenvalue weighted by Gasteiger charge is -2.10. The maximum absolute atomic E-state index is 13.0. The number of hydrogen-bond acceptors (Lipinski definition) is 5. The Morgan fingerprint density at radius 1 is 1.06 bits per heavy atom. The van der Waals surface area contributed by atoms with Gasteiger partial charge in [0.2, 0.25) is 0 Å². The summed E-state index contributed by atoms with van der Waals surface area (Å²) in [6.45, 7) is 1.95. The topological polar surface area (TPSA) is 97.5 Å². The molecule has 3 aromatic carbocycles. The van der Waals surface area contributed by atoms with Crippen molar-refractivity contribution in [1.29, 1.82) is 0 Å². The van der Waals surface area contributed by atoms with Crippen molar-refractivity contribution in [3.63, 3.8) is 0 Å². The van der Waals surface area contributed by atoms with Gasteiger partial charge in [-0.15, -0.1) is 0 Å². The first-order valence-electron chi connectivity index (χ1n) is 9.66. The van der Waals surface area contributed by atoms with Gasteiger partial charge in [-0.05, 0) is 55.0 Å². The highest BCUT2D eigenvalue weighted by molar-refractivity contribution is 9.10. The number of nitro groups is 1. The number of hydrazone groups is 1. The zero-order valence-corrected chi connectivity index (χ0v) is 18.5. The maximum Gasteiger partial charge on any atom is 0.272 e. The van der Waals surface area contributed by atoms with Crippen molar-refractivity contribution in [2.75, 3.05) is 0 Å². The van der Waals surface area contributed by atoms with Crippen molar-refractivity contribution in [1.82, 2.24) is 10.4 Å². The molecule has 0 unspecified atom stereocenters. The highest BCUT2D eigenvalue weighted by Crippen LogP contribution is 2.27. The molecule has 0 atom stereocenters. The second kappa shape index (κ2) is 9.07. The van der Waals surface area contributed by atoms with E-state index in [1.165, 1.54) is 18.3 Å². The Hall–Kier alpha value is -3.91. The fraction of sp³-hybridized carbons (Fsp3) is 0.0417. The van der Waals surface area contributed by atoms with Gasteiger partial charge in [-0.1, -0.05) is 39.7 Å². The third-order valence-electron chi connectivity index (χ3n) is 4.83. The lowest BCUT2D eigenvalue weighted by molar-refractivity contribution is -0.384. The average Bonchev–Trinajstić information content (AvgIpc) is 2.79. The molecule has 1 aromatic heterocycles. The molecule has 0 aliphatic carbocycles. The minimum absolute atomic E-state index is 0.00900. The van der Waals surface area contributed by atoms with E-state index in [1.807, 2.05) is 49.4 Å². The van der Waals surface area contributed by atoms with Gasteiger partial charge in [0.25, 0.3) is 11.6 Å². The number of nitro benzene ring substituents is 1. The predicted octanol–water partition coefficient (Wildman–Crippen LogP) is 5.64. The summed E-state index contributed by atoms with van der Waals surface area (Å²) in [5, 5.41) is 15.5. The molecule has 1 N–H and O–H groups in total. The molecule has 0 radical (unpaired) electrons. The molecule has 0 bridgehead atoms. The minimum atomic E-state index is -0.470. The maximum atomic E-state index is 13.0. The highest BCUT2D eigenvalue weighted by Gasteiger charge is 2.14. The van der Waals surface area contributed by atoms with E-state index >= 15 is 0 Å². The van der Waals surface area contributed by atoms with Crippen LogP contribution in [0.3, 0.4) is 0 Å². The summed E-state index contributed by atoms with van der Waals surface area (Å²) in [7, 11) is 0. The largest absolute Gasteiger partial charge is 0.272 e. The fourth-order valence-corrected chi connectivity index (χ4v) is 3.47. The van der Waals surface area contributed by atoms with Crippen LogP contribution in [0, 0.1) is 17.0 Å². The monoisotopic (exact) mass is 488 g/mol. The van der Waals surface area contributed by atoms with E-state index < -0.39 is 4.92 Å². The molecule has 0 aliphatic rings. The molecule has 1 amide bonds. The van der Waals surface area contributed by atoms with Gasteiger partial charge in [0.1, 0.15) is 0 Å². The number of benzene rings is 3. The number of hydrogen-bond donors (Lipinski definition) is 1. The van der Waals surface area contributed by atoms with Gasteiger partial charge >= 0.3 is 0 Å². The molecular formula is C24H17BrN4O3. The van der Waals surface area contributed by atoms with Crippen LogP contribution in [0.25, 0.3) is 22.2 Å². The smallest absolute Gasteiger partial charge is 0.267 e. The van der Waals surface area contributed by atoms with Crippen LogP contribution in [0.4, 0.5) is 5.69 Å². The number of non-ortho nitro benzene ring substituents is 1. The van der Waals surface area contributed by atoms with Crippen LogP contribution in [0.2, 0.25) is 0 Å². The summed E-state index contributed by atoms with van der Waals surface area (Å²) in [5.41, 5.74) is 6.91. The lowest BCUT2D eigenvalue weighted by Crippen LogP contribution is -2.18. The first-order chi connectivity index (χ1) is 15.4. The Labute approximate surface area is 192 Å². The van der Waals surface area contributed by atoms with Crippen LogP contribution >= 0.6 is 15.9 Å². The van der Waals surface area contributed by atoms with E-state index in [2.05, 4.69) is 26.5 Å². The second-order valence-electron chi connectivity index (χ2n) is 7.13. The van der Waals surface area contributed by atoms with E-state index in [4.69, 9.17) is 4.98 Å². The number of nitrogens with zero attached hydrogens (tertiary/aromatic N) is 3. The summed E-state index contributed by atoms with van der Waals surface area (Å²) in [6, 6.07) is 21.1. The van der Waals surface area contributed by atoms with Crippen LogP contribution < -0.4 is 5.43 Å². The van der Waals surface area contributed by atoms with E-state index in [1.54, 1.807) is 18.2 Å². The summed E-state index contributed by atoms with van der Waals surface area (Å²) < 4.78 is 0.955. The molecule has 32 heavy (non-hydrogen) atoms. The van der Waals surface area contributed by atoms with Crippen LogP contribution in [0.5, 0.6) is 0 Å². The normalized spacial score (nSPS) is 11.1. The SMILES string of the molecule is Cc1ccc2nc(-c3ccc(Br)cc3)cc(C(=O)NN=Cc3ccc([N+](=O)[O-])cc3)c2c1. The number of rotatable bonds is 5. The van der Waals surface area contributed by atoms with Crippen molar-refractivity contribution in [2.24, 2.45) is 5.10 Å². The zero-order valence-electron chi connectivity index (χ0n) is 16.9. The number of aromatic nitrogens is 1. The number of pyridine rings is 1. The van der Waals surface area contributed by atoms with Gasteiger partial charge in [-0.25, -0.2) is 10.4 Å². The number of nitrogens with one attached hydrogen (secondary N) is 1. The summed E-state index contributed by atoms with van der Waals surface area (Å²) in [6.07, 6.45) is 1.44.